The van der Waals surface area contributed by atoms with E-state index in [1.54, 1.807) is 24.3 Å². The third kappa shape index (κ3) is 5.34. The van der Waals surface area contributed by atoms with E-state index in [-0.39, 0.29) is 30.2 Å². The molecule has 26 heavy (non-hydrogen) atoms. The average Bonchev–Trinajstić information content (AvgIpc) is 2.57. The third-order valence-corrected chi connectivity index (χ3v) is 5.23. The molecule has 4 N–H and O–H groups in total. The van der Waals surface area contributed by atoms with Gasteiger partial charge in [0.2, 0.25) is 0 Å². The Morgan fingerprint density at radius 3 is 2.50 bits per heavy atom. The van der Waals surface area contributed by atoms with Crippen LogP contribution >= 0.6 is 0 Å². The van der Waals surface area contributed by atoms with Crippen LogP contribution < -0.4 is 15.8 Å². The first kappa shape index (κ1) is 20.0. The second kappa shape index (κ2) is 8.37. The molecular weight excluding hydrogens is 359 g/mol. The number of sulfone groups is 1. The summed E-state index contributed by atoms with van der Waals surface area (Å²) in [4.78, 5) is 0. The molecule has 0 saturated heterocycles. The number of nitrogens with one attached hydrogen (secondary N) is 1. The van der Waals surface area contributed by atoms with Crippen molar-refractivity contribution in [3.05, 3.63) is 47.8 Å². The SMILES string of the molecule is CCc1ccc(Oc2ccc(NCCC(N)S(C)(=O)=O)cc2F)c(O)c1. The quantitative estimate of drug-likeness (QED) is 0.649. The van der Waals surface area contributed by atoms with Crippen LogP contribution in [0, 0.1) is 5.82 Å². The van der Waals surface area contributed by atoms with Gasteiger partial charge in [0.25, 0.3) is 0 Å². The third-order valence-electron chi connectivity index (χ3n) is 3.89. The van der Waals surface area contributed by atoms with Gasteiger partial charge in [0.15, 0.2) is 32.9 Å². The highest BCUT2D eigenvalue weighted by atomic mass is 32.2. The highest BCUT2D eigenvalue weighted by Crippen LogP contribution is 2.33. The van der Waals surface area contributed by atoms with Gasteiger partial charge >= 0.3 is 0 Å². The van der Waals surface area contributed by atoms with Gasteiger partial charge in [0, 0.05) is 24.6 Å². The Kier molecular flexibility index (Phi) is 6.44. The lowest BCUT2D eigenvalue weighted by molar-refractivity contribution is 0.395. The van der Waals surface area contributed by atoms with Crippen LogP contribution in [0.15, 0.2) is 36.4 Å². The van der Waals surface area contributed by atoms with Gasteiger partial charge in [-0.25, -0.2) is 12.8 Å². The van der Waals surface area contributed by atoms with Crippen molar-refractivity contribution in [1.29, 1.82) is 0 Å². The van der Waals surface area contributed by atoms with Crippen molar-refractivity contribution in [3.8, 4) is 17.2 Å². The van der Waals surface area contributed by atoms with Crippen LogP contribution in [0.25, 0.3) is 0 Å². The zero-order valence-electron chi connectivity index (χ0n) is 14.7. The summed E-state index contributed by atoms with van der Waals surface area (Å²) >= 11 is 0. The van der Waals surface area contributed by atoms with Crippen molar-refractivity contribution >= 4 is 15.5 Å². The number of anilines is 1. The minimum atomic E-state index is -3.30. The highest BCUT2D eigenvalue weighted by Gasteiger charge is 2.15. The van der Waals surface area contributed by atoms with E-state index >= 15 is 0 Å². The van der Waals surface area contributed by atoms with Crippen LogP contribution in [-0.4, -0.2) is 31.7 Å². The maximum atomic E-state index is 14.2. The predicted molar refractivity (Wildman–Crippen MR) is 99.9 cm³/mol. The van der Waals surface area contributed by atoms with Gasteiger partial charge in [0.1, 0.15) is 5.37 Å². The molecule has 6 nitrogen and oxygen atoms in total. The number of aryl methyl sites for hydroxylation is 1. The van der Waals surface area contributed by atoms with Gasteiger partial charge in [-0.2, -0.15) is 0 Å². The van der Waals surface area contributed by atoms with Crippen LogP contribution in [-0.2, 0) is 16.3 Å². The first-order valence-corrected chi connectivity index (χ1v) is 10.1. The Hall–Kier alpha value is -2.32. The standard InChI is InChI=1S/C18H23FN2O4S/c1-3-12-4-6-17(15(22)10-12)25-16-7-5-13(11-14(16)19)21-9-8-18(20)26(2,23)24/h4-7,10-11,18,21-22H,3,8-9,20H2,1-2H3. The molecule has 8 heteroatoms. The van der Waals surface area contributed by atoms with E-state index in [0.717, 1.165) is 18.2 Å². The van der Waals surface area contributed by atoms with E-state index in [9.17, 15) is 17.9 Å². The number of rotatable bonds is 8. The molecule has 2 aromatic rings. The molecule has 0 aromatic heterocycles. The molecule has 0 bridgehead atoms. The molecule has 0 aliphatic rings. The molecule has 0 amide bonds. The van der Waals surface area contributed by atoms with Crippen molar-refractivity contribution in [2.45, 2.75) is 25.1 Å². The fourth-order valence-electron chi connectivity index (χ4n) is 2.25. The summed E-state index contributed by atoms with van der Waals surface area (Å²) in [5, 5.41) is 11.9. The van der Waals surface area contributed by atoms with Gasteiger partial charge in [-0.1, -0.05) is 13.0 Å². The van der Waals surface area contributed by atoms with Crippen LogP contribution in [0.4, 0.5) is 10.1 Å². The molecule has 0 fully saturated rings. The van der Waals surface area contributed by atoms with Crippen molar-refractivity contribution in [2.75, 3.05) is 18.1 Å². The first-order chi connectivity index (χ1) is 12.2. The van der Waals surface area contributed by atoms with Crippen molar-refractivity contribution < 1.29 is 22.7 Å². The van der Waals surface area contributed by atoms with Crippen LogP contribution in [0.2, 0.25) is 0 Å². The van der Waals surface area contributed by atoms with Gasteiger partial charge < -0.3 is 20.9 Å². The minimum absolute atomic E-state index is 0.0251. The van der Waals surface area contributed by atoms with Crippen LogP contribution in [0.1, 0.15) is 18.9 Å². The Balaban J connectivity index is 2.01. The number of hydrogen-bond donors (Lipinski definition) is 3. The van der Waals surface area contributed by atoms with Crippen molar-refractivity contribution in [3.63, 3.8) is 0 Å². The average molecular weight is 382 g/mol. The Morgan fingerprint density at radius 2 is 1.92 bits per heavy atom. The lowest BCUT2D eigenvalue weighted by atomic mass is 10.1. The van der Waals surface area contributed by atoms with E-state index in [2.05, 4.69) is 5.32 Å². The molecule has 2 aromatic carbocycles. The minimum Gasteiger partial charge on any atom is -0.504 e. The number of hydrogen-bond acceptors (Lipinski definition) is 6. The Labute approximate surface area is 152 Å². The van der Waals surface area contributed by atoms with E-state index < -0.39 is 21.0 Å². The van der Waals surface area contributed by atoms with E-state index in [1.807, 2.05) is 6.92 Å². The lowest BCUT2D eigenvalue weighted by Gasteiger charge is -2.13. The smallest absolute Gasteiger partial charge is 0.169 e. The molecule has 2 rings (SSSR count). The zero-order chi connectivity index (χ0) is 19.3. The molecule has 0 aliphatic heterocycles. The van der Waals surface area contributed by atoms with E-state index in [0.29, 0.717) is 5.69 Å². The summed E-state index contributed by atoms with van der Waals surface area (Å²) in [5.74, 6) is -0.522. The van der Waals surface area contributed by atoms with Gasteiger partial charge in [-0.3, -0.25) is 0 Å². The van der Waals surface area contributed by atoms with E-state index in [1.165, 1.54) is 12.1 Å². The molecule has 0 aliphatic carbocycles. The second-order valence-corrected chi connectivity index (χ2v) is 8.25. The topological polar surface area (TPSA) is 102 Å². The molecule has 0 spiro atoms. The predicted octanol–water partition coefficient (Wildman–Crippen LogP) is 3.02. The molecule has 142 valence electrons. The molecular formula is C18H23FN2O4S. The van der Waals surface area contributed by atoms with Gasteiger partial charge in [0.05, 0.1) is 0 Å². The molecule has 0 saturated carbocycles. The molecule has 0 heterocycles. The first-order valence-electron chi connectivity index (χ1n) is 8.18. The highest BCUT2D eigenvalue weighted by molar-refractivity contribution is 7.91. The number of phenols is 1. The molecule has 1 unspecified atom stereocenters. The monoisotopic (exact) mass is 382 g/mol. The Bertz CT molecular complexity index is 871. The summed E-state index contributed by atoms with van der Waals surface area (Å²) in [7, 11) is -3.30. The summed E-state index contributed by atoms with van der Waals surface area (Å²) in [6.45, 7) is 2.25. The molecule has 0 radical (unpaired) electrons. The number of nitrogens with two attached hydrogens (primary N) is 1. The zero-order valence-corrected chi connectivity index (χ0v) is 15.5. The summed E-state index contributed by atoms with van der Waals surface area (Å²) < 4.78 is 42.2. The lowest BCUT2D eigenvalue weighted by Crippen LogP contribution is -2.31. The normalized spacial score (nSPS) is 12.6. The summed E-state index contributed by atoms with van der Waals surface area (Å²) in [6.07, 6.45) is 2.05. The van der Waals surface area contributed by atoms with Crippen LogP contribution in [0.5, 0.6) is 17.2 Å². The number of aromatic hydroxyl groups is 1. The van der Waals surface area contributed by atoms with Crippen molar-refractivity contribution in [2.24, 2.45) is 5.73 Å². The second-order valence-electron chi connectivity index (χ2n) is 5.99. The fourth-order valence-corrected chi connectivity index (χ4v) is 2.80. The van der Waals surface area contributed by atoms with Crippen LogP contribution in [0.3, 0.4) is 0 Å². The molecule has 1 atom stereocenters. The summed E-state index contributed by atoms with van der Waals surface area (Å²) in [6, 6.07) is 9.23. The fraction of sp³-hybridized carbons (Fsp3) is 0.333. The number of halogens is 1. The number of ether oxygens (including phenoxy) is 1. The number of benzene rings is 2. The van der Waals surface area contributed by atoms with E-state index in [4.69, 9.17) is 10.5 Å². The van der Waals surface area contributed by atoms with Gasteiger partial charge in [-0.05, 0) is 42.7 Å². The maximum Gasteiger partial charge on any atom is 0.169 e. The van der Waals surface area contributed by atoms with Gasteiger partial charge in [-0.15, -0.1) is 0 Å². The maximum absolute atomic E-state index is 14.2. The Morgan fingerprint density at radius 1 is 1.23 bits per heavy atom. The number of phenolic OH excluding ortho intramolecular Hbond substituents is 1. The van der Waals surface area contributed by atoms with Crippen molar-refractivity contribution in [1.82, 2.24) is 0 Å². The summed E-state index contributed by atoms with van der Waals surface area (Å²) in [5.41, 5.74) is 6.96. The largest absolute Gasteiger partial charge is 0.504 e.